The molecule has 0 spiro atoms. The topological polar surface area (TPSA) is 62.7 Å². The fourth-order valence-corrected chi connectivity index (χ4v) is 2.03. The Morgan fingerprint density at radius 3 is 2.84 bits per heavy atom. The van der Waals surface area contributed by atoms with Crippen LogP contribution < -0.4 is 4.74 Å². The molecule has 0 saturated carbocycles. The van der Waals surface area contributed by atoms with Crippen molar-refractivity contribution in [2.45, 2.75) is 12.8 Å². The molecular formula is C14H18N2O3. The van der Waals surface area contributed by atoms with Gasteiger partial charge in [-0.1, -0.05) is 0 Å². The van der Waals surface area contributed by atoms with Crippen molar-refractivity contribution in [2.24, 2.45) is 0 Å². The summed E-state index contributed by atoms with van der Waals surface area (Å²) in [6.07, 6.45) is 6.70. The molecule has 2 rings (SSSR count). The molecule has 0 radical (unpaired) electrons. The molecule has 0 aliphatic carbocycles. The van der Waals surface area contributed by atoms with Crippen LogP contribution in [0.15, 0.2) is 24.4 Å². The minimum Gasteiger partial charge on any atom is -0.491 e. The summed E-state index contributed by atoms with van der Waals surface area (Å²) in [5, 5.41) is 8.51. The third-order valence-electron chi connectivity index (χ3n) is 3.03. The van der Waals surface area contributed by atoms with Crippen molar-refractivity contribution in [2.75, 3.05) is 26.2 Å². The highest BCUT2D eigenvalue weighted by Crippen LogP contribution is 2.11. The summed E-state index contributed by atoms with van der Waals surface area (Å²) < 4.78 is 5.60. The largest absolute Gasteiger partial charge is 0.491 e. The second-order valence-corrected chi connectivity index (χ2v) is 4.49. The molecular weight excluding hydrogens is 244 g/mol. The zero-order valence-corrected chi connectivity index (χ0v) is 10.8. The number of aliphatic carboxylic acids is 1. The molecule has 1 aromatic heterocycles. The Bertz CT molecular complexity index is 437. The van der Waals surface area contributed by atoms with Crippen LogP contribution in [0, 0.1) is 0 Å². The molecule has 2 heterocycles. The quantitative estimate of drug-likeness (QED) is 0.790. The number of rotatable bonds is 6. The first kappa shape index (κ1) is 13.5. The average Bonchev–Trinajstić information content (AvgIpc) is 2.91. The maximum atomic E-state index is 10.4. The zero-order chi connectivity index (χ0) is 13.5. The molecule has 0 atom stereocenters. The Labute approximate surface area is 112 Å². The lowest BCUT2D eigenvalue weighted by molar-refractivity contribution is -0.131. The lowest BCUT2D eigenvalue weighted by Gasteiger charge is -2.14. The predicted molar refractivity (Wildman–Crippen MR) is 72.1 cm³/mol. The second kappa shape index (κ2) is 6.89. The van der Waals surface area contributed by atoms with Gasteiger partial charge in [0, 0.05) is 12.6 Å². The normalized spacial score (nSPS) is 16.0. The van der Waals surface area contributed by atoms with Gasteiger partial charge in [-0.25, -0.2) is 4.79 Å². The van der Waals surface area contributed by atoms with E-state index in [-0.39, 0.29) is 0 Å². The Kier molecular flexibility index (Phi) is 4.92. The minimum atomic E-state index is -0.979. The fourth-order valence-electron chi connectivity index (χ4n) is 2.03. The SMILES string of the molecule is O=C(O)C=Cc1ccc(OCCN2CCCC2)cn1. The van der Waals surface area contributed by atoms with Crippen molar-refractivity contribution >= 4 is 12.0 Å². The molecule has 19 heavy (non-hydrogen) atoms. The van der Waals surface area contributed by atoms with Crippen molar-refractivity contribution < 1.29 is 14.6 Å². The van der Waals surface area contributed by atoms with Crippen LogP contribution >= 0.6 is 0 Å². The number of pyridine rings is 1. The van der Waals surface area contributed by atoms with Crippen LogP contribution in [0.25, 0.3) is 6.08 Å². The molecule has 1 N–H and O–H groups in total. The van der Waals surface area contributed by atoms with Crippen LogP contribution in [0.4, 0.5) is 0 Å². The molecule has 5 nitrogen and oxygen atoms in total. The number of ether oxygens (including phenoxy) is 1. The molecule has 1 fully saturated rings. The Morgan fingerprint density at radius 2 is 2.21 bits per heavy atom. The van der Waals surface area contributed by atoms with Crippen molar-refractivity contribution in [1.29, 1.82) is 0 Å². The van der Waals surface area contributed by atoms with E-state index in [4.69, 9.17) is 9.84 Å². The molecule has 1 saturated heterocycles. The van der Waals surface area contributed by atoms with E-state index in [1.807, 2.05) is 0 Å². The van der Waals surface area contributed by atoms with E-state index >= 15 is 0 Å². The Hall–Kier alpha value is -1.88. The van der Waals surface area contributed by atoms with Crippen molar-refractivity contribution in [1.82, 2.24) is 9.88 Å². The first-order valence-electron chi connectivity index (χ1n) is 6.46. The molecule has 0 aromatic carbocycles. The second-order valence-electron chi connectivity index (χ2n) is 4.49. The first-order chi connectivity index (χ1) is 9.24. The summed E-state index contributed by atoms with van der Waals surface area (Å²) in [6.45, 7) is 3.94. The average molecular weight is 262 g/mol. The van der Waals surface area contributed by atoms with E-state index in [9.17, 15) is 4.79 Å². The van der Waals surface area contributed by atoms with Crippen LogP contribution in [-0.2, 0) is 4.79 Å². The number of carboxylic acid groups (broad SMARTS) is 1. The van der Waals surface area contributed by atoms with Gasteiger partial charge < -0.3 is 9.84 Å². The lowest BCUT2D eigenvalue weighted by atomic mass is 10.3. The van der Waals surface area contributed by atoms with Crippen LogP contribution in [0.1, 0.15) is 18.5 Å². The van der Waals surface area contributed by atoms with Gasteiger partial charge in [-0.05, 0) is 44.1 Å². The minimum absolute atomic E-state index is 0.606. The zero-order valence-electron chi connectivity index (χ0n) is 10.8. The van der Waals surface area contributed by atoms with Crippen molar-refractivity contribution in [3.05, 3.63) is 30.1 Å². The molecule has 1 aliphatic rings. The molecule has 0 bridgehead atoms. The molecule has 5 heteroatoms. The molecule has 0 unspecified atom stereocenters. The molecule has 1 aliphatic heterocycles. The van der Waals surface area contributed by atoms with Crippen LogP contribution in [0.5, 0.6) is 5.75 Å². The highest BCUT2D eigenvalue weighted by atomic mass is 16.5. The highest BCUT2D eigenvalue weighted by Gasteiger charge is 2.10. The summed E-state index contributed by atoms with van der Waals surface area (Å²) in [4.78, 5) is 16.9. The predicted octanol–water partition coefficient (Wildman–Crippen LogP) is 1.65. The summed E-state index contributed by atoms with van der Waals surface area (Å²) in [5.41, 5.74) is 0.606. The van der Waals surface area contributed by atoms with Gasteiger partial charge in [-0.2, -0.15) is 0 Å². The number of carbonyl (C=O) groups is 1. The summed E-state index contributed by atoms with van der Waals surface area (Å²) in [7, 11) is 0. The smallest absolute Gasteiger partial charge is 0.328 e. The van der Waals surface area contributed by atoms with E-state index < -0.39 is 5.97 Å². The summed E-state index contributed by atoms with van der Waals surface area (Å²) in [5.74, 6) is -0.264. The Morgan fingerprint density at radius 1 is 1.42 bits per heavy atom. The van der Waals surface area contributed by atoms with Gasteiger partial charge in [0.15, 0.2) is 0 Å². The van der Waals surface area contributed by atoms with Crippen LogP contribution in [0.3, 0.4) is 0 Å². The summed E-state index contributed by atoms with van der Waals surface area (Å²) in [6, 6.07) is 3.54. The molecule has 1 aromatic rings. The van der Waals surface area contributed by atoms with Crippen LogP contribution in [-0.4, -0.2) is 47.2 Å². The van der Waals surface area contributed by atoms with Crippen molar-refractivity contribution in [3.8, 4) is 5.75 Å². The fraction of sp³-hybridized carbons (Fsp3) is 0.429. The third kappa shape index (κ3) is 4.71. The number of nitrogens with zero attached hydrogens (tertiary/aromatic N) is 2. The number of hydrogen-bond donors (Lipinski definition) is 1. The standard InChI is InChI=1S/C14H18N2O3/c17-14(18)6-4-12-3-5-13(11-15-12)19-10-9-16-7-1-2-8-16/h3-6,11H,1-2,7-10H2,(H,17,18). The first-order valence-corrected chi connectivity index (χ1v) is 6.46. The van der Waals surface area contributed by atoms with E-state index in [1.54, 1.807) is 18.3 Å². The van der Waals surface area contributed by atoms with Gasteiger partial charge in [0.1, 0.15) is 12.4 Å². The maximum Gasteiger partial charge on any atom is 0.328 e. The van der Waals surface area contributed by atoms with Gasteiger partial charge in [0.05, 0.1) is 11.9 Å². The van der Waals surface area contributed by atoms with Gasteiger partial charge in [-0.15, -0.1) is 0 Å². The Balaban J connectivity index is 1.76. The number of carboxylic acids is 1. The van der Waals surface area contributed by atoms with E-state index in [0.29, 0.717) is 18.1 Å². The lowest BCUT2D eigenvalue weighted by Crippen LogP contribution is -2.25. The van der Waals surface area contributed by atoms with Crippen molar-refractivity contribution in [3.63, 3.8) is 0 Å². The van der Waals surface area contributed by atoms with Crippen LogP contribution in [0.2, 0.25) is 0 Å². The third-order valence-corrected chi connectivity index (χ3v) is 3.03. The van der Waals surface area contributed by atoms with Gasteiger partial charge >= 0.3 is 5.97 Å². The molecule has 102 valence electrons. The van der Waals surface area contributed by atoms with Gasteiger partial charge in [0.2, 0.25) is 0 Å². The summed E-state index contributed by atoms with van der Waals surface area (Å²) >= 11 is 0. The maximum absolute atomic E-state index is 10.4. The monoisotopic (exact) mass is 262 g/mol. The number of aromatic nitrogens is 1. The highest BCUT2D eigenvalue weighted by molar-refractivity contribution is 5.84. The van der Waals surface area contributed by atoms with Gasteiger partial charge in [-0.3, -0.25) is 9.88 Å². The van der Waals surface area contributed by atoms with E-state index in [1.165, 1.54) is 32.0 Å². The van der Waals surface area contributed by atoms with E-state index in [0.717, 1.165) is 12.6 Å². The molecule has 0 amide bonds. The van der Waals surface area contributed by atoms with Gasteiger partial charge in [0.25, 0.3) is 0 Å². The number of hydrogen-bond acceptors (Lipinski definition) is 4. The number of likely N-dealkylation sites (tertiary alicyclic amines) is 1. The van der Waals surface area contributed by atoms with E-state index in [2.05, 4.69) is 9.88 Å².